The predicted octanol–water partition coefficient (Wildman–Crippen LogP) is 4.03. The maximum atomic E-state index is 5.49. The zero-order chi connectivity index (χ0) is 17.8. The van der Waals surface area contributed by atoms with E-state index in [4.69, 9.17) is 14.2 Å². The van der Waals surface area contributed by atoms with Gasteiger partial charge >= 0.3 is 0 Å². The second-order valence-corrected chi connectivity index (χ2v) is 6.16. The molecule has 6 nitrogen and oxygen atoms in total. The van der Waals surface area contributed by atoms with Crippen LogP contribution in [0, 0.1) is 0 Å². The molecule has 0 saturated carbocycles. The molecule has 0 fully saturated rings. The number of aromatic nitrogens is 2. The molecule has 0 saturated heterocycles. The molecule has 0 bridgehead atoms. The van der Waals surface area contributed by atoms with E-state index in [0.717, 1.165) is 26.8 Å². The van der Waals surface area contributed by atoms with Crippen LogP contribution in [0.1, 0.15) is 5.56 Å². The number of benzene rings is 2. The number of hydrogen-bond donors (Lipinski definition) is 1. The number of hydrogen-bond acceptors (Lipinski definition) is 6. The molecular formula is C18H18BrN3O3. The second-order valence-electron chi connectivity index (χ2n) is 5.25. The van der Waals surface area contributed by atoms with Gasteiger partial charge in [-0.1, -0.05) is 15.9 Å². The van der Waals surface area contributed by atoms with Crippen LogP contribution in [0.25, 0.3) is 10.9 Å². The van der Waals surface area contributed by atoms with Crippen molar-refractivity contribution in [3.05, 3.63) is 46.7 Å². The van der Waals surface area contributed by atoms with Gasteiger partial charge in [0, 0.05) is 28.5 Å². The third-order valence-electron chi connectivity index (χ3n) is 3.85. The van der Waals surface area contributed by atoms with Crippen LogP contribution >= 0.6 is 15.9 Å². The standard InChI is InChI=1S/C18H18BrN3O3/c1-23-12-7-16(24-2)14(17(8-12)25-3)9-20-18-13-6-11(19)4-5-15(13)21-10-22-18/h4-8,10H,9H2,1-3H3,(H,20,21,22). The Morgan fingerprint density at radius 1 is 0.960 bits per heavy atom. The van der Waals surface area contributed by atoms with Crippen molar-refractivity contribution in [1.82, 2.24) is 9.97 Å². The van der Waals surface area contributed by atoms with Gasteiger partial charge in [0.15, 0.2) is 0 Å². The van der Waals surface area contributed by atoms with E-state index in [9.17, 15) is 0 Å². The van der Waals surface area contributed by atoms with Gasteiger partial charge in [-0.15, -0.1) is 0 Å². The molecule has 0 aliphatic heterocycles. The molecule has 2 aromatic carbocycles. The number of anilines is 1. The Labute approximate surface area is 154 Å². The van der Waals surface area contributed by atoms with Crippen molar-refractivity contribution in [2.45, 2.75) is 6.54 Å². The minimum atomic E-state index is 0.481. The molecule has 0 aliphatic carbocycles. The molecule has 1 heterocycles. The van der Waals surface area contributed by atoms with Gasteiger partial charge in [0.05, 0.1) is 32.4 Å². The highest BCUT2D eigenvalue weighted by molar-refractivity contribution is 9.10. The molecule has 0 unspecified atom stereocenters. The average molecular weight is 404 g/mol. The van der Waals surface area contributed by atoms with Gasteiger partial charge in [-0.2, -0.15) is 0 Å². The van der Waals surface area contributed by atoms with Gasteiger partial charge in [-0.05, 0) is 18.2 Å². The summed E-state index contributed by atoms with van der Waals surface area (Å²) in [5, 5.41) is 4.28. The van der Waals surface area contributed by atoms with Crippen LogP contribution in [-0.2, 0) is 6.54 Å². The van der Waals surface area contributed by atoms with Crippen molar-refractivity contribution in [1.29, 1.82) is 0 Å². The first kappa shape index (κ1) is 17.3. The van der Waals surface area contributed by atoms with E-state index < -0.39 is 0 Å². The van der Waals surface area contributed by atoms with Crippen molar-refractivity contribution in [2.24, 2.45) is 0 Å². The molecule has 3 rings (SSSR count). The molecule has 0 atom stereocenters. The van der Waals surface area contributed by atoms with Crippen LogP contribution in [-0.4, -0.2) is 31.3 Å². The van der Waals surface area contributed by atoms with Crippen LogP contribution in [0.5, 0.6) is 17.2 Å². The first-order chi connectivity index (χ1) is 12.2. The van der Waals surface area contributed by atoms with Crippen LogP contribution < -0.4 is 19.5 Å². The number of nitrogens with zero attached hydrogens (tertiary/aromatic N) is 2. The summed E-state index contributed by atoms with van der Waals surface area (Å²) in [5.74, 6) is 2.78. The summed E-state index contributed by atoms with van der Waals surface area (Å²) >= 11 is 3.49. The lowest BCUT2D eigenvalue weighted by Gasteiger charge is -2.16. The molecule has 0 aliphatic rings. The summed E-state index contributed by atoms with van der Waals surface area (Å²) in [6, 6.07) is 9.54. The fourth-order valence-corrected chi connectivity index (χ4v) is 2.95. The van der Waals surface area contributed by atoms with Crippen LogP contribution in [0.4, 0.5) is 5.82 Å². The Hall–Kier alpha value is -2.54. The van der Waals surface area contributed by atoms with Gasteiger partial charge in [-0.3, -0.25) is 0 Å². The predicted molar refractivity (Wildman–Crippen MR) is 101 cm³/mol. The van der Waals surface area contributed by atoms with Crippen molar-refractivity contribution >= 4 is 32.7 Å². The zero-order valence-electron chi connectivity index (χ0n) is 14.2. The number of methoxy groups -OCH3 is 3. The molecule has 0 radical (unpaired) electrons. The Kier molecular flexibility index (Phi) is 5.23. The normalized spacial score (nSPS) is 10.6. The molecule has 25 heavy (non-hydrogen) atoms. The number of rotatable bonds is 6. The van der Waals surface area contributed by atoms with Crippen LogP contribution in [0.2, 0.25) is 0 Å². The lowest BCUT2D eigenvalue weighted by molar-refractivity contribution is 0.369. The summed E-state index contributed by atoms with van der Waals surface area (Å²) in [7, 11) is 4.85. The van der Waals surface area contributed by atoms with Gasteiger partial charge in [0.25, 0.3) is 0 Å². The minimum Gasteiger partial charge on any atom is -0.496 e. The summed E-state index contributed by atoms with van der Waals surface area (Å²) in [6.07, 6.45) is 1.54. The smallest absolute Gasteiger partial charge is 0.137 e. The average Bonchev–Trinajstić information content (AvgIpc) is 2.65. The SMILES string of the molecule is COc1cc(OC)c(CNc2ncnc3ccc(Br)cc23)c(OC)c1. The van der Waals surface area contributed by atoms with Crippen molar-refractivity contribution in [3.63, 3.8) is 0 Å². The van der Waals surface area contributed by atoms with Gasteiger partial charge in [-0.25, -0.2) is 9.97 Å². The first-order valence-electron chi connectivity index (χ1n) is 7.59. The van der Waals surface area contributed by atoms with E-state index >= 15 is 0 Å². The summed E-state index contributed by atoms with van der Waals surface area (Å²) in [4.78, 5) is 8.65. The minimum absolute atomic E-state index is 0.481. The number of fused-ring (bicyclic) bond motifs is 1. The molecule has 3 aromatic rings. The molecular weight excluding hydrogens is 386 g/mol. The lowest BCUT2D eigenvalue weighted by Crippen LogP contribution is -2.06. The topological polar surface area (TPSA) is 65.5 Å². The summed E-state index contributed by atoms with van der Waals surface area (Å²) < 4.78 is 17.2. The number of ether oxygens (including phenoxy) is 3. The Balaban J connectivity index is 1.95. The molecule has 1 aromatic heterocycles. The fourth-order valence-electron chi connectivity index (χ4n) is 2.59. The maximum Gasteiger partial charge on any atom is 0.137 e. The summed E-state index contributed by atoms with van der Waals surface area (Å²) in [5.41, 5.74) is 1.75. The fraction of sp³-hybridized carbons (Fsp3) is 0.222. The second kappa shape index (κ2) is 7.57. The number of nitrogens with one attached hydrogen (secondary N) is 1. The molecule has 130 valence electrons. The maximum absolute atomic E-state index is 5.49. The highest BCUT2D eigenvalue weighted by atomic mass is 79.9. The third-order valence-corrected chi connectivity index (χ3v) is 4.34. The molecule has 1 N–H and O–H groups in total. The van der Waals surface area contributed by atoms with E-state index in [-0.39, 0.29) is 0 Å². The first-order valence-corrected chi connectivity index (χ1v) is 8.38. The van der Waals surface area contributed by atoms with Gasteiger partial charge in [0.1, 0.15) is 29.4 Å². The highest BCUT2D eigenvalue weighted by Gasteiger charge is 2.14. The van der Waals surface area contributed by atoms with Crippen molar-refractivity contribution < 1.29 is 14.2 Å². The van der Waals surface area contributed by atoms with Crippen LogP contribution in [0.15, 0.2) is 41.1 Å². The monoisotopic (exact) mass is 403 g/mol. The van der Waals surface area contributed by atoms with Crippen molar-refractivity contribution in [2.75, 3.05) is 26.6 Å². The van der Waals surface area contributed by atoms with E-state index in [1.807, 2.05) is 30.3 Å². The Bertz CT molecular complexity index is 877. The molecule has 0 spiro atoms. The Morgan fingerprint density at radius 2 is 1.68 bits per heavy atom. The van der Waals surface area contributed by atoms with E-state index in [1.54, 1.807) is 27.7 Å². The highest BCUT2D eigenvalue weighted by Crippen LogP contribution is 2.35. The Morgan fingerprint density at radius 3 is 2.32 bits per heavy atom. The van der Waals surface area contributed by atoms with E-state index in [1.165, 1.54) is 0 Å². The third kappa shape index (κ3) is 3.61. The van der Waals surface area contributed by atoms with Crippen molar-refractivity contribution in [3.8, 4) is 17.2 Å². The van der Waals surface area contributed by atoms with E-state index in [2.05, 4.69) is 31.2 Å². The van der Waals surface area contributed by atoms with E-state index in [0.29, 0.717) is 23.8 Å². The molecule has 7 heteroatoms. The number of halogens is 1. The zero-order valence-corrected chi connectivity index (χ0v) is 15.8. The largest absolute Gasteiger partial charge is 0.496 e. The van der Waals surface area contributed by atoms with Gasteiger partial charge in [0.2, 0.25) is 0 Å². The molecule has 0 amide bonds. The summed E-state index contributed by atoms with van der Waals surface area (Å²) in [6.45, 7) is 0.481. The van der Waals surface area contributed by atoms with Gasteiger partial charge < -0.3 is 19.5 Å². The van der Waals surface area contributed by atoms with Crippen LogP contribution in [0.3, 0.4) is 0 Å². The quantitative estimate of drug-likeness (QED) is 0.669. The lowest BCUT2D eigenvalue weighted by atomic mass is 10.1.